The first-order valence-corrected chi connectivity index (χ1v) is 10.0. The van der Waals surface area contributed by atoms with Gasteiger partial charge in [-0.3, -0.25) is 4.79 Å². The summed E-state index contributed by atoms with van der Waals surface area (Å²) in [5.41, 5.74) is 3.91. The molecule has 0 aliphatic carbocycles. The maximum atomic E-state index is 12.7. The molecule has 3 nitrogen and oxygen atoms in total. The molecule has 5 heteroatoms. The van der Waals surface area contributed by atoms with E-state index in [-0.39, 0.29) is 5.91 Å². The van der Waals surface area contributed by atoms with E-state index in [1.165, 1.54) is 17.1 Å². The smallest absolute Gasteiger partial charge is 0.257 e. The average molecular weight is 355 g/mol. The number of nitrogens with zero attached hydrogens (tertiary/aromatic N) is 1. The summed E-state index contributed by atoms with van der Waals surface area (Å²) in [6.07, 6.45) is 1.90. The van der Waals surface area contributed by atoms with Crippen molar-refractivity contribution in [2.75, 3.05) is 16.8 Å². The Balaban J connectivity index is 1.60. The van der Waals surface area contributed by atoms with Gasteiger partial charge in [-0.25, -0.2) is 0 Å². The number of para-hydroxylation sites is 1. The van der Waals surface area contributed by atoms with Crippen molar-refractivity contribution in [2.45, 2.75) is 4.58 Å². The van der Waals surface area contributed by atoms with E-state index < -0.39 is 0 Å². The van der Waals surface area contributed by atoms with Gasteiger partial charge in [0.15, 0.2) is 0 Å². The van der Waals surface area contributed by atoms with E-state index in [4.69, 9.17) is 0 Å². The Morgan fingerprint density at radius 1 is 1.12 bits per heavy atom. The highest BCUT2D eigenvalue weighted by Crippen LogP contribution is 2.45. The number of rotatable bonds is 3. The number of fused-ring (bicyclic) bond motifs is 1. The van der Waals surface area contributed by atoms with Crippen molar-refractivity contribution >= 4 is 46.0 Å². The van der Waals surface area contributed by atoms with Crippen molar-refractivity contribution in [1.82, 2.24) is 4.57 Å². The number of benzene rings is 2. The first-order chi connectivity index (χ1) is 11.7. The fraction of sp³-hybridized carbons (Fsp3) is 0.211. The number of nitrogens with one attached hydrogen (secondary N) is 1. The molecular weight excluding hydrogens is 336 g/mol. The molecule has 0 saturated carbocycles. The second-order valence-corrected chi connectivity index (χ2v) is 8.55. The monoisotopic (exact) mass is 354 g/mol. The molecule has 0 bridgehead atoms. The van der Waals surface area contributed by atoms with Crippen LogP contribution in [-0.2, 0) is 7.05 Å². The second-order valence-electron chi connectivity index (χ2n) is 5.82. The summed E-state index contributed by atoms with van der Waals surface area (Å²) >= 11 is 3.94. The van der Waals surface area contributed by atoms with Crippen molar-refractivity contribution < 1.29 is 4.79 Å². The van der Waals surface area contributed by atoms with E-state index in [1.54, 1.807) is 0 Å². The Morgan fingerprint density at radius 3 is 2.75 bits per heavy atom. The third kappa shape index (κ3) is 2.94. The Hall–Kier alpha value is -1.85. The van der Waals surface area contributed by atoms with Gasteiger partial charge in [0.25, 0.3) is 5.91 Å². The van der Waals surface area contributed by atoms with E-state index >= 15 is 0 Å². The van der Waals surface area contributed by atoms with Gasteiger partial charge in [-0.05, 0) is 23.8 Å². The zero-order valence-electron chi connectivity index (χ0n) is 13.4. The SMILES string of the molecule is Cn1cc(C(=O)Nc2cccc(C3SCCS3)c2)c2ccccc21. The molecule has 1 amide bonds. The van der Waals surface area contributed by atoms with Crippen LogP contribution in [0.1, 0.15) is 20.5 Å². The summed E-state index contributed by atoms with van der Waals surface area (Å²) in [4.78, 5) is 12.7. The molecule has 0 radical (unpaired) electrons. The molecule has 0 spiro atoms. The molecule has 4 rings (SSSR count). The summed E-state index contributed by atoms with van der Waals surface area (Å²) in [6, 6.07) is 16.2. The van der Waals surface area contributed by atoms with Crippen LogP contribution in [0.3, 0.4) is 0 Å². The molecule has 1 fully saturated rings. The summed E-state index contributed by atoms with van der Waals surface area (Å²) in [6.45, 7) is 0. The normalized spacial score (nSPS) is 15.0. The summed E-state index contributed by atoms with van der Waals surface area (Å²) in [5.74, 6) is 2.33. The van der Waals surface area contributed by atoms with E-state index in [0.717, 1.165) is 16.6 Å². The number of amides is 1. The van der Waals surface area contributed by atoms with Crippen molar-refractivity contribution in [3.05, 3.63) is 65.9 Å². The molecule has 0 atom stereocenters. The van der Waals surface area contributed by atoms with Crippen molar-refractivity contribution in [3.8, 4) is 0 Å². The first kappa shape index (κ1) is 15.7. The lowest BCUT2D eigenvalue weighted by Gasteiger charge is -2.11. The molecule has 2 aromatic carbocycles. The van der Waals surface area contributed by atoms with Crippen molar-refractivity contribution in [3.63, 3.8) is 0 Å². The summed E-state index contributed by atoms with van der Waals surface area (Å²) in [7, 11) is 1.97. The molecule has 2 heterocycles. The zero-order chi connectivity index (χ0) is 16.5. The molecule has 1 aliphatic rings. The Morgan fingerprint density at radius 2 is 1.92 bits per heavy atom. The molecule has 1 aliphatic heterocycles. The van der Waals surface area contributed by atoms with Crippen LogP contribution in [-0.4, -0.2) is 22.0 Å². The molecule has 24 heavy (non-hydrogen) atoms. The van der Waals surface area contributed by atoms with Crippen LogP contribution >= 0.6 is 23.5 Å². The number of anilines is 1. The lowest BCUT2D eigenvalue weighted by atomic mass is 10.1. The zero-order valence-corrected chi connectivity index (χ0v) is 15.0. The maximum absolute atomic E-state index is 12.7. The first-order valence-electron chi connectivity index (χ1n) is 7.91. The highest BCUT2D eigenvalue weighted by atomic mass is 32.2. The Kier molecular flexibility index (Phi) is 4.29. The third-order valence-corrected chi connectivity index (χ3v) is 7.28. The minimum atomic E-state index is -0.0596. The van der Waals surface area contributed by atoms with E-state index in [9.17, 15) is 4.79 Å². The number of aryl methyl sites for hydroxylation is 1. The van der Waals surface area contributed by atoms with E-state index in [1.807, 2.05) is 77.7 Å². The number of carbonyl (C=O) groups excluding carboxylic acids is 1. The van der Waals surface area contributed by atoms with Crippen LogP contribution in [0.4, 0.5) is 5.69 Å². The molecular formula is C19H18N2OS2. The fourth-order valence-corrected chi connectivity index (χ4v) is 5.87. The predicted molar refractivity (Wildman–Crippen MR) is 105 cm³/mol. The van der Waals surface area contributed by atoms with Crippen molar-refractivity contribution in [2.24, 2.45) is 7.05 Å². The topological polar surface area (TPSA) is 34.0 Å². The molecule has 1 saturated heterocycles. The van der Waals surface area contributed by atoms with Gasteiger partial charge in [0.05, 0.1) is 10.1 Å². The van der Waals surface area contributed by atoms with Crippen LogP contribution in [0.5, 0.6) is 0 Å². The minimum absolute atomic E-state index is 0.0596. The number of thioether (sulfide) groups is 2. The number of hydrogen-bond donors (Lipinski definition) is 1. The molecule has 1 N–H and O–H groups in total. The number of hydrogen-bond acceptors (Lipinski definition) is 3. The standard InChI is InChI=1S/C19H18N2OS2/c1-21-12-16(15-7-2-3-8-17(15)21)18(22)20-14-6-4-5-13(11-14)19-23-9-10-24-19/h2-8,11-12,19H,9-10H2,1H3,(H,20,22). The van der Waals surface area contributed by atoms with Gasteiger partial charge in [-0.2, -0.15) is 0 Å². The predicted octanol–water partition coefficient (Wildman–Crippen LogP) is 4.91. The third-order valence-electron chi connectivity index (χ3n) is 4.18. The molecule has 0 unspecified atom stereocenters. The highest BCUT2D eigenvalue weighted by molar-refractivity contribution is 8.19. The van der Waals surface area contributed by atoms with Gasteiger partial charge < -0.3 is 9.88 Å². The maximum Gasteiger partial charge on any atom is 0.257 e. The van der Waals surface area contributed by atoms with E-state index in [0.29, 0.717) is 10.1 Å². The van der Waals surface area contributed by atoms with Gasteiger partial charge in [0, 0.05) is 41.3 Å². The largest absolute Gasteiger partial charge is 0.350 e. The molecule has 1 aromatic heterocycles. The Labute approximate surface area is 149 Å². The molecule has 3 aromatic rings. The average Bonchev–Trinajstić information content (AvgIpc) is 3.24. The summed E-state index contributed by atoms with van der Waals surface area (Å²) in [5, 5.41) is 4.04. The van der Waals surface area contributed by atoms with Gasteiger partial charge >= 0.3 is 0 Å². The number of aromatic nitrogens is 1. The van der Waals surface area contributed by atoms with Crippen LogP contribution < -0.4 is 5.32 Å². The lowest BCUT2D eigenvalue weighted by molar-refractivity contribution is 0.102. The molecule has 122 valence electrons. The van der Waals surface area contributed by atoms with Gasteiger partial charge in [0.2, 0.25) is 0 Å². The second kappa shape index (κ2) is 6.57. The van der Waals surface area contributed by atoms with Gasteiger partial charge in [-0.15, -0.1) is 23.5 Å². The minimum Gasteiger partial charge on any atom is -0.350 e. The van der Waals surface area contributed by atoms with Gasteiger partial charge in [-0.1, -0.05) is 30.3 Å². The lowest BCUT2D eigenvalue weighted by Crippen LogP contribution is -2.11. The van der Waals surface area contributed by atoms with Crippen LogP contribution in [0.15, 0.2) is 54.7 Å². The van der Waals surface area contributed by atoms with Gasteiger partial charge in [0.1, 0.15) is 0 Å². The number of carbonyl (C=O) groups is 1. The van der Waals surface area contributed by atoms with E-state index in [2.05, 4.69) is 17.4 Å². The Bertz CT molecular complexity index is 897. The quantitative estimate of drug-likeness (QED) is 0.726. The summed E-state index contributed by atoms with van der Waals surface area (Å²) < 4.78 is 2.48. The van der Waals surface area contributed by atoms with Crippen LogP contribution in [0.2, 0.25) is 0 Å². The fourth-order valence-electron chi connectivity index (χ4n) is 3.03. The highest BCUT2D eigenvalue weighted by Gasteiger charge is 2.19. The van der Waals surface area contributed by atoms with Crippen LogP contribution in [0.25, 0.3) is 10.9 Å². The van der Waals surface area contributed by atoms with Crippen molar-refractivity contribution in [1.29, 1.82) is 0 Å². The van der Waals surface area contributed by atoms with Crippen LogP contribution in [0, 0.1) is 0 Å².